The number of carbonyl (C=O) groups excluding carboxylic acids is 4. The minimum atomic E-state index is -1.14. The van der Waals surface area contributed by atoms with Gasteiger partial charge in [0.05, 0.1) is 29.8 Å². The van der Waals surface area contributed by atoms with Crippen molar-refractivity contribution >= 4 is 64.0 Å². The average molecular weight is 587 g/mol. The molecule has 2 aliphatic rings. The quantitative estimate of drug-likeness (QED) is 0.259. The molecule has 2 aliphatic heterocycles. The van der Waals surface area contributed by atoms with Crippen LogP contribution in [0, 0.1) is 0 Å². The summed E-state index contributed by atoms with van der Waals surface area (Å²) in [6, 6.07) is 4.49. The maximum absolute atomic E-state index is 13.5. The van der Waals surface area contributed by atoms with Crippen LogP contribution in [0.2, 0.25) is 0 Å². The van der Waals surface area contributed by atoms with Crippen molar-refractivity contribution in [3.05, 3.63) is 35.9 Å². The van der Waals surface area contributed by atoms with E-state index in [4.69, 9.17) is 35.4 Å². The summed E-state index contributed by atoms with van der Waals surface area (Å²) in [6.07, 6.45) is 0.412. The molecule has 0 aliphatic carbocycles. The molecule has 0 radical (unpaired) electrons. The molecule has 4 amide bonds. The number of carbonyl (C=O) groups is 4. The first-order chi connectivity index (χ1) is 18.1. The molecule has 0 spiro atoms. The van der Waals surface area contributed by atoms with Gasteiger partial charge in [-0.3, -0.25) is 19.2 Å². The van der Waals surface area contributed by atoms with Crippen molar-refractivity contribution in [2.24, 2.45) is 0 Å². The third kappa shape index (κ3) is 6.93. The summed E-state index contributed by atoms with van der Waals surface area (Å²) in [5.41, 5.74) is 0.752. The highest BCUT2D eigenvalue weighted by atomic mass is 35.5. The van der Waals surface area contributed by atoms with Crippen LogP contribution >= 0.6 is 35.4 Å². The highest BCUT2D eigenvalue weighted by Gasteiger charge is 2.48. The van der Waals surface area contributed by atoms with Gasteiger partial charge in [-0.05, 0) is 18.4 Å². The molecule has 13 heteroatoms. The average Bonchev–Trinajstić information content (AvgIpc) is 3.21. The molecular weight excluding hydrogens is 553 g/mol. The van der Waals surface area contributed by atoms with Crippen molar-refractivity contribution in [2.45, 2.75) is 74.1 Å². The first-order valence-corrected chi connectivity index (χ1v) is 13.8. The van der Waals surface area contributed by atoms with Gasteiger partial charge in [-0.2, -0.15) is 0 Å². The van der Waals surface area contributed by atoms with Crippen LogP contribution in [0.3, 0.4) is 0 Å². The Bertz CT molecular complexity index is 1050. The zero-order valence-electron chi connectivity index (χ0n) is 21.2. The van der Waals surface area contributed by atoms with Gasteiger partial charge < -0.3 is 31.3 Å². The lowest BCUT2D eigenvalue weighted by Crippen LogP contribution is -2.59. The van der Waals surface area contributed by atoms with Crippen LogP contribution in [-0.4, -0.2) is 86.7 Å². The zero-order chi connectivity index (χ0) is 28.0. The third-order valence-corrected chi connectivity index (χ3v) is 8.20. The van der Waals surface area contributed by atoms with Gasteiger partial charge in [0.25, 0.3) is 0 Å². The van der Waals surface area contributed by atoms with E-state index in [0.717, 1.165) is 5.56 Å². The summed E-state index contributed by atoms with van der Waals surface area (Å²) in [7, 11) is 0. The van der Waals surface area contributed by atoms with Crippen LogP contribution in [0.25, 0.3) is 0 Å². The maximum Gasteiger partial charge on any atom is 0.245 e. The van der Waals surface area contributed by atoms with E-state index in [1.165, 1.54) is 4.90 Å². The van der Waals surface area contributed by atoms with E-state index in [1.807, 2.05) is 30.3 Å². The smallest absolute Gasteiger partial charge is 0.245 e. The summed E-state index contributed by atoms with van der Waals surface area (Å²) >= 11 is 18.3. The molecule has 3 rings (SSSR count). The lowest BCUT2D eigenvalue weighted by atomic mass is 10.0. The van der Waals surface area contributed by atoms with Crippen LogP contribution in [0.15, 0.2) is 30.3 Å². The predicted molar refractivity (Wildman–Crippen MR) is 148 cm³/mol. The summed E-state index contributed by atoms with van der Waals surface area (Å²) in [4.78, 5) is 54.4. The molecule has 2 saturated heterocycles. The van der Waals surface area contributed by atoms with E-state index in [-0.39, 0.29) is 30.8 Å². The SMILES string of the molecule is CC[C@@H]1NC(=O)[C@@H]2[C@H](Cl)[C@H](Cl)CN2C(=O)[C@H](CC)NC(=O)C[C@H](c2ccccc2)NC(=S)[C@H](CO)NC1=O. The number of amides is 4. The molecule has 10 nitrogen and oxygen atoms in total. The number of nitrogens with one attached hydrogen (secondary N) is 4. The lowest BCUT2D eigenvalue weighted by Gasteiger charge is -2.31. The van der Waals surface area contributed by atoms with Crippen LogP contribution in [0.4, 0.5) is 0 Å². The molecule has 1 aromatic rings. The second-order valence-electron chi connectivity index (χ2n) is 9.31. The van der Waals surface area contributed by atoms with Crippen LogP contribution in [0.1, 0.15) is 44.7 Å². The van der Waals surface area contributed by atoms with Gasteiger partial charge in [-0.25, -0.2) is 0 Å². The van der Waals surface area contributed by atoms with E-state index >= 15 is 0 Å². The van der Waals surface area contributed by atoms with Gasteiger partial charge in [-0.1, -0.05) is 56.4 Å². The van der Waals surface area contributed by atoms with Crippen molar-refractivity contribution in [3.8, 4) is 0 Å². The minimum Gasteiger partial charge on any atom is -0.394 e. The summed E-state index contributed by atoms with van der Waals surface area (Å²) in [5, 5.41) is 19.5. The van der Waals surface area contributed by atoms with Crippen molar-refractivity contribution < 1.29 is 24.3 Å². The Labute approximate surface area is 237 Å². The molecule has 0 unspecified atom stereocenters. The van der Waals surface area contributed by atoms with Gasteiger partial charge in [0.2, 0.25) is 23.6 Å². The molecule has 38 heavy (non-hydrogen) atoms. The van der Waals surface area contributed by atoms with Crippen molar-refractivity contribution in [1.82, 2.24) is 26.2 Å². The van der Waals surface area contributed by atoms with Crippen LogP contribution in [0.5, 0.6) is 0 Å². The Morgan fingerprint density at radius 1 is 0.921 bits per heavy atom. The van der Waals surface area contributed by atoms with E-state index in [1.54, 1.807) is 13.8 Å². The molecule has 208 valence electrons. The molecule has 0 aromatic heterocycles. The number of halogens is 2. The molecule has 5 N–H and O–H groups in total. The van der Waals surface area contributed by atoms with Gasteiger partial charge in [0.1, 0.15) is 29.2 Å². The largest absolute Gasteiger partial charge is 0.394 e. The predicted octanol–water partition coefficient (Wildman–Crippen LogP) is 0.741. The summed E-state index contributed by atoms with van der Waals surface area (Å²) in [5.74, 6) is -2.12. The van der Waals surface area contributed by atoms with E-state index in [2.05, 4.69) is 21.3 Å². The molecule has 2 heterocycles. The number of aliphatic hydroxyl groups is 1. The third-order valence-electron chi connectivity index (χ3n) is 6.71. The summed E-state index contributed by atoms with van der Waals surface area (Å²) in [6.45, 7) is 2.96. The fraction of sp³-hybridized carbons (Fsp3) is 0.560. The highest BCUT2D eigenvalue weighted by Crippen LogP contribution is 2.29. The minimum absolute atomic E-state index is 0.0110. The van der Waals surface area contributed by atoms with Crippen molar-refractivity contribution in [3.63, 3.8) is 0 Å². The molecular formula is C25H33Cl2N5O5S. The normalized spacial score (nSPS) is 31.7. The molecule has 0 saturated carbocycles. The topological polar surface area (TPSA) is 140 Å². The van der Waals surface area contributed by atoms with Gasteiger partial charge >= 0.3 is 0 Å². The number of fused-ring (bicyclic) bond motifs is 1. The monoisotopic (exact) mass is 585 g/mol. The molecule has 2 fully saturated rings. The number of rotatable bonds is 4. The molecule has 1 aromatic carbocycles. The first-order valence-electron chi connectivity index (χ1n) is 12.6. The van der Waals surface area contributed by atoms with Gasteiger partial charge in [0.15, 0.2) is 0 Å². The molecule has 7 atom stereocenters. The number of hydrogen-bond acceptors (Lipinski definition) is 6. The fourth-order valence-corrected chi connectivity index (χ4v) is 5.44. The van der Waals surface area contributed by atoms with Crippen molar-refractivity contribution in [2.75, 3.05) is 13.2 Å². The van der Waals surface area contributed by atoms with E-state index in [9.17, 15) is 24.3 Å². The second-order valence-corrected chi connectivity index (χ2v) is 10.8. The standard InChI is InChI=1S/C25H33Cl2N5O5S/c1-3-15-22(35)30-18(12-33)24(38)31-17(13-8-6-5-7-9-13)10-19(34)28-16(4-2)25(37)32-11-14(26)20(27)21(32)23(36)29-15/h5-9,14-18,20-21,33H,3-4,10-12H2,1-2H3,(H,28,34)(H,29,36)(H,30,35)(H,31,38)/t14-,15+,16+,17-,18+,20-,21+/m1/s1. The second kappa shape index (κ2) is 13.5. The Morgan fingerprint density at radius 3 is 2.16 bits per heavy atom. The van der Waals surface area contributed by atoms with Gasteiger partial charge in [-0.15, -0.1) is 23.2 Å². The molecule has 0 bridgehead atoms. The number of benzene rings is 1. The summed E-state index contributed by atoms with van der Waals surface area (Å²) < 4.78 is 0. The lowest BCUT2D eigenvalue weighted by molar-refractivity contribution is -0.142. The van der Waals surface area contributed by atoms with E-state index in [0.29, 0.717) is 0 Å². The van der Waals surface area contributed by atoms with Gasteiger partial charge in [0, 0.05) is 6.54 Å². The zero-order valence-corrected chi connectivity index (χ0v) is 23.5. The maximum atomic E-state index is 13.5. The first kappa shape index (κ1) is 30.1. The fourth-order valence-electron chi connectivity index (χ4n) is 4.55. The number of aliphatic hydroxyl groups excluding tert-OH is 1. The van der Waals surface area contributed by atoms with Crippen LogP contribution < -0.4 is 21.3 Å². The Balaban J connectivity index is 2.00. The Hall–Kier alpha value is -2.47. The highest BCUT2D eigenvalue weighted by molar-refractivity contribution is 7.80. The number of alkyl halides is 2. The van der Waals surface area contributed by atoms with Crippen LogP contribution in [-0.2, 0) is 19.2 Å². The van der Waals surface area contributed by atoms with Crippen molar-refractivity contribution in [1.29, 1.82) is 0 Å². The van der Waals surface area contributed by atoms with E-state index < -0.39 is 71.2 Å². The Morgan fingerprint density at radius 2 is 1.55 bits per heavy atom. The number of thiocarbonyl (C=S) groups is 1. The Kier molecular flexibility index (Phi) is 10.7. The number of nitrogens with zero attached hydrogens (tertiary/aromatic N) is 1. The number of hydrogen-bond donors (Lipinski definition) is 5.